The topological polar surface area (TPSA) is 60.2 Å². The fourth-order valence-corrected chi connectivity index (χ4v) is 2.90. The number of nitrogens with two attached hydrogens (primary N) is 1. The van der Waals surface area contributed by atoms with Crippen molar-refractivity contribution < 1.29 is 8.42 Å². The predicted octanol–water partition coefficient (Wildman–Crippen LogP) is 1.18. The highest BCUT2D eigenvalue weighted by Gasteiger charge is 2.12. The molecule has 0 saturated heterocycles. The van der Waals surface area contributed by atoms with E-state index in [1.807, 2.05) is 0 Å². The molecule has 0 aliphatic rings. The van der Waals surface area contributed by atoms with Crippen LogP contribution < -0.4 is 5.73 Å². The van der Waals surface area contributed by atoms with Gasteiger partial charge in [-0.2, -0.15) is 0 Å². The van der Waals surface area contributed by atoms with E-state index in [1.165, 1.54) is 6.07 Å². The maximum Gasteiger partial charge on any atom is 0.270 e. The van der Waals surface area contributed by atoms with E-state index in [4.69, 9.17) is 16.4 Å². The Kier molecular flexibility index (Phi) is 3.11. The molecule has 1 rings (SSSR count). The van der Waals surface area contributed by atoms with E-state index in [2.05, 4.69) is 0 Å². The van der Waals surface area contributed by atoms with E-state index in [9.17, 15) is 8.42 Å². The Hall–Kier alpha value is -0.100. The summed E-state index contributed by atoms with van der Waals surface area (Å²) in [5.41, 5.74) is 5.30. The number of thiophene rings is 1. The quantitative estimate of drug-likeness (QED) is 0.786. The minimum absolute atomic E-state index is 0.188. The Balaban J connectivity index is 2.92. The number of hydrogen-bond donors (Lipinski definition) is 1. The highest BCUT2D eigenvalue weighted by atomic mass is 35.7. The molecule has 2 N–H and O–H groups in total. The molecule has 0 bridgehead atoms. The second-order valence-electron chi connectivity index (χ2n) is 2.20. The Bertz CT molecular complexity index is 357. The Morgan fingerprint density at radius 3 is 2.58 bits per heavy atom. The van der Waals surface area contributed by atoms with Gasteiger partial charge in [0.05, 0.1) is 0 Å². The van der Waals surface area contributed by atoms with Crippen LogP contribution in [0.1, 0.15) is 4.88 Å². The molecule has 0 aromatic carbocycles. The molecule has 1 heterocycles. The molecule has 0 saturated carbocycles. The standard InChI is InChI=1S/C6H8ClNO2S2/c7-12(9,10)6-2-1-5(11-6)3-4-8/h1-2H,3-4,8H2. The molecule has 0 amide bonds. The number of halogens is 1. The molecule has 1 aromatic rings. The van der Waals surface area contributed by atoms with E-state index in [0.717, 1.165) is 16.2 Å². The first-order valence-corrected chi connectivity index (χ1v) is 6.40. The largest absolute Gasteiger partial charge is 0.330 e. The van der Waals surface area contributed by atoms with Crippen molar-refractivity contribution in [2.45, 2.75) is 10.6 Å². The molecule has 0 unspecified atom stereocenters. The smallest absolute Gasteiger partial charge is 0.270 e. The summed E-state index contributed by atoms with van der Waals surface area (Å²) in [5, 5.41) is 0. The van der Waals surface area contributed by atoms with E-state index in [1.54, 1.807) is 6.07 Å². The van der Waals surface area contributed by atoms with Crippen molar-refractivity contribution in [2.24, 2.45) is 5.73 Å². The van der Waals surface area contributed by atoms with Crippen LogP contribution >= 0.6 is 22.0 Å². The number of rotatable bonds is 3. The maximum atomic E-state index is 10.8. The summed E-state index contributed by atoms with van der Waals surface area (Å²) in [7, 11) is 1.57. The van der Waals surface area contributed by atoms with E-state index >= 15 is 0 Å². The van der Waals surface area contributed by atoms with E-state index in [-0.39, 0.29) is 4.21 Å². The SMILES string of the molecule is NCCc1ccc(S(=O)(=O)Cl)s1. The lowest BCUT2D eigenvalue weighted by molar-refractivity contribution is 0.611. The first-order chi connectivity index (χ1) is 5.54. The van der Waals surface area contributed by atoms with Crippen molar-refractivity contribution in [2.75, 3.05) is 6.54 Å². The Labute approximate surface area is 79.6 Å². The van der Waals surface area contributed by atoms with Crippen molar-refractivity contribution in [3.05, 3.63) is 17.0 Å². The number of hydrogen-bond acceptors (Lipinski definition) is 4. The minimum atomic E-state index is -3.55. The van der Waals surface area contributed by atoms with Gasteiger partial charge in [0, 0.05) is 15.6 Å². The third kappa shape index (κ3) is 2.45. The van der Waals surface area contributed by atoms with Crippen molar-refractivity contribution in [3.63, 3.8) is 0 Å². The third-order valence-corrected chi connectivity index (χ3v) is 4.51. The summed E-state index contributed by atoms with van der Waals surface area (Å²) in [6.07, 6.45) is 0.692. The Morgan fingerprint density at radius 1 is 1.50 bits per heavy atom. The summed E-state index contributed by atoms with van der Waals surface area (Å²) < 4.78 is 21.8. The van der Waals surface area contributed by atoms with Crippen molar-refractivity contribution in [1.29, 1.82) is 0 Å². The highest BCUT2D eigenvalue weighted by Crippen LogP contribution is 2.24. The van der Waals surface area contributed by atoms with Gasteiger partial charge in [-0.3, -0.25) is 0 Å². The van der Waals surface area contributed by atoms with Crippen LogP contribution in [0.5, 0.6) is 0 Å². The summed E-state index contributed by atoms with van der Waals surface area (Å²) in [6, 6.07) is 3.23. The van der Waals surface area contributed by atoms with Crippen LogP contribution in [0.2, 0.25) is 0 Å². The molecule has 0 radical (unpaired) electrons. The van der Waals surface area contributed by atoms with Crippen LogP contribution in [0.3, 0.4) is 0 Å². The molecule has 68 valence electrons. The Morgan fingerprint density at radius 2 is 2.17 bits per heavy atom. The molecular formula is C6H8ClNO2S2. The second kappa shape index (κ2) is 3.74. The van der Waals surface area contributed by atoms with Crippen LogP contribution in [-0.2, 0) is 15.5 Å². The van der Waals surface area contributed by atoms with Crippen molar-refractivity contribution >= 4 is 31.1 Å². The third-order valence-electron chi connectivity index (χ3n) is 1.27. The second-order valence-corrected chi connectivity index (χ2v) is 6.16. The average Bonchev–Trinajstić information content (AvgIpc) is 2.35. The van der Waals surface area contributed by atoms with Crippen LogP contribution in [0.25, 0.3) is 0 Å². The van der Waals surface area contributed by atoms with E-state index in [0.29, 0.717) is 13.0 Å². The lowest BCUT2D eigenvalue weighted by Gasteiger charge is -1.89. The summed E-state index contributed by atoms with van der Waals surface area (Å²) in [5.74, 6) is 0. The molecule has 12 heavy (non-hydrogen) atoms. The van der Waals surface area contributed by atoms with Gasteiger partial charge >= 0.3 is 0 Å². The van der Waals surface area contributed by atoms with Crippen LogP contribution in [-0.4, -0.2) is 15.0 Å². The van der Waals surface area contributed by atoms with Crippen LogP contribution in [0.15, 0.2) is 16.3 Å². The zero-order valence-corrected chi connectivity index (χ0v) is 8.55. The first-order valence-electron chi connectivity index (χ1n) is 3.27. The molecule has 0 aliphatic heterocycles. The molecule has 0 spiro atoms. The van der Waals surface area contributed by atoms with Gasteiger partial charge in [0.15, 0.2) is 0 Å². The highest BCUT2D eigenvalue weighted by molar-refractivity contribution is 8.15. The van der Waals surface area contributed by atoms with Crippen LogP contribution in [0.4, 0.5) is 0 Å². The lowest BCUT2D eigenvalue weighted by atomic mass is 10.3. The van der Waals surface area contributed by atoms with E-state index < -0.39 is 9.05 Å². The van der Waals surface area contributed by atoms with Gasteiger partial charge in [-0.25, -0.2) is 8.42 Å². The molecule has 0 aliphatic carbocycles. The fraction of sp³-hybridized carbons (Fsp3) is 0.333. The van der Waals surface area contributed by atoms with Crippen molar-refractivity contribution in [1.82, 2.24) is 0 Å². The molecule has 1 aromatic heterocycles. The molecule has 0 fully saturated rings. The van der Waals surface area contributed by atoms with Gasteiger partial charge in [-0.15, -0.1) is 11.3 Å². The maximum absolute atomic E-state index is 10.8. The lowest BCUT2D eigenvalue weighted by Crippen LogP contribution is -2.00. The first kappa shape index (κ1) is 9.98. The van der Waals surface area contributed by atoms with Gasteiger partial charge in [-0.1, -0.05) is 0 Å². The molecular weight excluding hydrogens is 218 g/mol. The molecule has 0 atom stereocenters. The predicted molar refractivity (Wildman–Crippen MR) is 50.1 cm³/mol. The summed E-state index contributed by atoms with van der Waals surface area (Å²) in [6.45, 7) is 0.516. The monoisotopic (exact) mass is 225 g/mol. The van der Waals surface area contributed by atoms with Gasteiger partial charge in [0.25, 0.3) is 9.05 Å². The minimum Gasteiger partial charge on any atom is -0.330 e. The molecule has 3 nitrogen and oxygen atoms in total. The normalized spacial score (nSPS) is 11.8. The fourth-order valence-electron chi connectivity index (χ4n) is 0.766. The summed E-state index contributed by atoms with van der Waals surface area (Å²) >= 11 is 1.16. The average molecular weight is 226 g/mol. The van der Waals surface area contributed by atoms with Crippen LogP contribution in [0, 0.1) is 0 Å². The molecule has 6 heteroatoms. The zero-order chi connectivity index (χ0) is 9.19. The van der Waals surface area contributed by atoms with Gasteiger partial charge in [0.2, 0.25) is 0 Å². The van der Waals surface area contributed by atoms with Gasteiger partial charge in [0.1, 0.15) is 4.21 Å². The van der Waals surface area contributed by atoms with Crippen molar-refractivity contribution in [3.8, 4) is 0 Å². The summed E-state index contributed by atoms with van der Waals surface area (Å²) in [4.78, 5) is 0.941. The van der Waals surface area contributed by atoms with Gasteiger partial charge in [-0.05, 0) is 25.1 Å². The van der Waals surface area contributed by atoms with Gasteiger partial charge < -0.3 is 5.73 Å². The zero-order valence-electron chi connectivity index (χ0n) is 6.16.